The van der Waals surface area contributed by atoms with Gasteiger partial charge < -0.3 is 27.8 Å². The molecule has 0 radical (unpaired) electrons. The maximum atomic E-state index is 11.9. The highest BCUT2D eigenvalue weighted by molar-refractivity contribution is 7.79. The van der Waals surface area contributed by atoms with Crippen LogP contribution in [0, 0.1) is 0 Å². The first kappa shape index (κ1) is 37.4. The number of hydrogen-bond acceptors (Lipinski definition) is 10. The van der Waals surface area contributed by atoms with Gasteiger partial charge in [0.25, 0.3) is 0 Å². The summed E-state index contributed by atoms with van der Waals surface area (Å²) < 4.78 is 50.8. The number of likely N-dealkylation sites (N-methyl/N-ethyl adjacent to an activating group) is 1. The van der Waals surface area contributed by atoms with Gasteiger partial charge in [-0.15, -0.1) is 0 Å². The zero-order chi connectivity index (χ0) is 28.6. The molecule has 11 nitrogen and oxygen atoms in total. The van der Waals surface area contributed by atoms with E-state index < -0.39 is 10.4 Å². The van der Waals surface area contributed by atoms with E-state index in [1.165, 1.54) is 0 Å². The molecule has 0 aliphatic carbocycles. The van der Waals surface area contributed by atoms with Gasteiger partial charge in [-0.2, -0.15) is 0 Å². The number of hydrogen-bond donors (Lipinski definition) is 0. The number of ether oxygens (including phenoxy) is 3. The average molecular weight is 556 g/mol. The molecule has 12 heteroatoms. The third-order valence-electron chi connectivity index (χ3n) is 5.64. The van der Waals surface area contributed by atoms with Gasteiger partial charge in [-0.05, 0) is 19.3 Å². The van der Waals surface area contributed by atoms with E-state index in [1.54, 1.807) is 0 Å². The van der Waals surface area contributed by atoms with Crippen LogP contribution in [0.1, 0.15) is 99.2 Å². The topological polar surface area (TPSA) is 159 Å². The van der Waals surface area contributed by atoms with Crippen molar-refractivity contribution in [3.8, 4) is 0 Å². The summed E-state index contributed by atoms with van der Waals surface area (Å²) in [7, 11) is -3.15. The van der Waals surface area contributed by atoms with Crippen LogP contribution in [0.15, 0.2) is 0 Å². The fourth-order valence-electron chi connectivity index (χ4n) is 3.25. The second kappa shape index (κ2) is 23.4. The highest BCUT2D eigenvalue weighted by Gasteiger charge is 2.23. The van der Waals surface area contributed by atoms with Crippen LogP contribution >= 0.6 is 0 Å². The molecule has 0 saturated carbocycles. The normalized spacial score (nSPS) is 11.3. The van der Waals surface area contributed by atoms with Crippen molar-refractivity contribution in [2.24, 2.45) is 0 Å². The summed E-state index contributed by atoms with van der Waals surface area (Å²) in [5, 5.41) is 0. The van der Waals surface area contributed by atoms with Gasteiger partial charge >= 0.3 is 19.3 Å². The highest BCUT2D eigenvalue weighted by atomic mass is 32.3. The summed E-state index contributed by atoms with van der Waals surface area (Å²) in [4.78, 5) is 35.7. The van der Waals surface area contributed by atoms with Crippen molar-refractivity contribution in [3.05, 3.63) is 0 Å². The van der Waals surface area contributed by atoms with Gasteiger partial charge in [0.05, 0.1) is 7.05 Å². The van der Waals surface area contributed by atoms with Crippen LogP contribution < -0.4 is 0 Å². The summed E-state index contributed by atoms with van der Waals surface area (Å²) in [6.45, 7) is 8.95. The van der Waals surface area contributed by atoms with Crippen LogP contribution in [0.2, 0.25) is 0 Å². The van der Waals surface area contributed by atoms with E-state index in [4.69, 9.17) is 31.7 Å². The molecule has 0 atom stereocenters. The second-order valence-electron chi connectivity index (χ2n) is 9.23. The van der Waals surface area contributed by atoms with Crippen LogP contribution in [0.25, 0.3) is 0 Å². The lowest BCUT2D eigenvalue weighted by molar-refractivity contribution is -0.910. The fourth-order valence-corrected chi connectivity index (χ4v) is 3.25. The Morgan fingerprint density at radius 1 is 0.622 bits per heavy atom. The zero-order valence-corrected chi connectivity index (χ0v) is 24.0. The number of rotatable bonds is 21. The monoisotopic (exact) mass is 555 g/mol. The number of quaternary nitrogens is 1. The van der Waals surface area contributed by atoms with Crippen LogP contribution in [-0.4, -0.2) is 86.4 Å². The van der Waals surface area contributed by atoms with E-state index in [-0.39, 0.29) is 19.3 Å². The SMILES string of the molecule is CCCCCC(=O)OCC[N+](C)(CCOC(=O)CCCCC)CCOC(=O)CCCCC.O=S(=O)([O-])[O-].[H+]. The summed E-state index contributed by atoms with van der Waals surface area (Å²) in [6.07, 6.45) is 10.2. The predicted molar refractivity (Wildman–Crippen MR) is 138 cm³/mol. The van der Waals surface area contributed by atoms with Crippen molar-refractivity contribution in [1.29, 1.82) is 0 Å². The van der Waals surface area contributed by atoms with E-state index in [9.17, 15) is 14.4 Å². The van der Waals surface area contributed by atoms with Crippen molar-refractivity contribution in [1.82, 2.24) is 0 Å². The van der Waals surface area contributed by atoms with Crippen LogP contribution in [0.5, 0.6) is 0 Å². The minimum absolute atomic E-state index is 0. The lowest BCUT2D eigenvalue weighted by Gasteiger charge is -2.34. The van der Waals surface area contributed by atoms with Gasteiger partial charge in [0, 0.05) is 29.7 Å². The molecule has 0 rings (SSSR count). The molecule has 0 aromatic carbocycles. The van der Waals surface area contributed by atoms with Gasteiger partial charge in [0.15, 0.2) is 0 Å². The Morgan fingerprint density at radius 3 is 1.08 bits per heavy atom. The Labute approximate surface area is 224 Å². The summed E-state index contributed by atoms with van der Waals surface area (Å²) >= 11 is 0. The number of nitrogens with zero attached hydrogens (tertiary/aromatic N) is 1. The quantitative estimate of drug-likeness (QED) is 0.0511. The van der Waals surface area contributed by atoms with Crippen molar-refractivity contribution < 1.29 is 52.0 Å². The van der Waals surface area contributed by atoms with Crippen molar-refractivity contribution in [2.75, 3.05) is 46.5 Å². The van der Waals surface area contributed by atoms with Crippen molar-refractivity contribution >= 4 is 28.3 Å². The highest BCUT2D eigenvalue weighted by Crippen LogP contribution is 2.07. The lowest BCUT2D eigenvalue weighted by atomic mass is 10.2. The fraction of sp³-hybridized carbons (Fsp3) is 0.880. The largest absolute Gasteiger partial charge is 1.00 e. The summed E-state index contributed by atoms with van der Waals surface area (Å²) in [6, 6.07) is 0. The molecule has 0 unspecified atom stereocenters. The van der Waals surface area contributed by atoms with E-state index in [0.29, 0.717) is 63.2 Å². The summed E-state index contributed by atoms with van der Waals surface area (Å²) in [5.41, 5.74) is 0. The molecule has 0 aromatic rings. The van der Waals surface area contributed by atoms with Crippen molar-refractivity contribution in [3.63, 3.8) is 0 Å². The van der Waals surface area contributed by atoms with Crippen molar-refractivity contribution in [2.45, 2.75) is 97.8 Å². The molecule has 0 saturated heterocycles. The van der Waals surface area contributed by atoms with E-state index in [0.717, 1.165) is 57.8 Å². The van der Waals surface area contributed by atoms with Gasteiger partial charge in [0.1, 0.15) is 39.5 Å². The maximum Gasteiger partial charge on any atom is 1.00 e. The third kappa shape index (κ3) is 30.4. The molecule has 0 fully saturated rings. The molecule has 0 N–H and O–H groups in total. The molecule has 0 aliphatic heterocycles. The van der Waals surface area contributed by atoms with Gasteiger partial charge in [-0.1, -0.05) is 59.3 Å². The van der Waals surface area contributed by atoms with E-state index >= 15 is 0 Å². The average Bonchev–Trinajstić information content (AvgIpc) is 2.78. The molecule has 220 valence electrons. The van der Waals surface area contributed by atoms with Crippen LogP contribution in [0.3, 0.4) is 0 Å². The van der Waals surface area contributed by atoms with E-state index in [1.807, 2.05) is 7.05 Å². The molecular weight excluding hydrogens is 506 g/mol. The van der Waals surface area contributed by atoms with Gasteiger partial charge in [-0.3, -0.25) is 22.8 Å². The number of carbonyl (C=O) groups is 3. The lowest BCUT2D eigenvalue weighted by Crippen LogP contribution is -2.51. The smallest absolute Gasteiger partial charge is 0.759 e. The molecule has 0 amide bonds. The predicted octanol–water partition coefficient (Wildman–Crippen LogP) is 3.58. The Kier molecular flexibility index (Phi) is 23.6. The molecule has 37 heavy (non-hydrogen) atoms. The number of carbonyl (C=O) groups excluding carboxylic acids is 3. The molecule has 0 spiro atoms. The van der Waals surface area contributed by atoms with E-state index in [2.05, 4.69) is 20.8 Å². The van der Waals surface area contributed by atoms with Crippen LogP contribution in [0.4, 0.5) is 0 Å². The molecule has 0 aliphatic rings. The Morgan fingerprint density at radius 2 is 0.865 bits per heavy atom. The maximum absolute atomic E-state index is 11.9. The summed E-state index contributed by atoms with van der Waals surface area (Å²) in [5.74, 6) is -0.515. The molecule has 0 aromatic heterocycles. The Balaban J connectivity index is -0.00000185. The van der Waals surface area contributed by atoms with Crippen LogP contribution in [-0.2, 0) is 39.0 Å². The standard InChI is InChI=1S/C25H48NO6.H2O4S/c1-5-8-11-14-23(27)30-20-17-26(4,18-21-31-24(28)15-12-9-6-2)19-22-32-25(29)16-13-10-7-3;1-5(2,3)4/h5-22H2,1-4H3;(H2,1,2,3,4)/q+1;/p-1. The first-order chi connectivity index (χ1) is 17.4. The first-order valence-electron chi connectivity index (χ1n) is 13.3. The molecular formula is C25H49NO10S. The number of unbranched alkanes of at least 4 members (excludes halogenated alkanes) is 6. The molecule has 0 bridgehead atoms. The molecule has 0 heterocycles. The van der Waals surface area contributed by atoms with Gasteiger partial charge in [0.2, 0.25) is 0 Å². The number of esters is 3. The zero-order valence-electron chi connectivity index (χ0n) is 24.2. The second-order valence-corrected chi connectivity index (χ2v) is 10.0. The first-order valence-corrected chi connectivity index (χ1v) is 14.7. The third-order valence-corrected chi connectivity index (χ3v) is 5.64. The van der Waals surface area contributed by atoms with Gasteiger partial charge in [-0.25, -0.2) is 0 Å². The Bertz CT molecular complexity index is 642. The Hall–Kier alpha value is -1.76. The minimum Gasteiger partial charge on any atom is -0.759 e. The minimum atomic E-state index is -5.17.